The monoisotopic (exact) mass is 250 g/mol. The predicted molar refractivity (Wildman–Crippen MR) is 68.1 cm³/mol. The van der Waals surface area contributed by atoms with Gasteiger partial charge in [0.15, 0.2) is 0 Å². The van der Waals surface area contributed by atoms with Crippen LogP contribution < -0.4 is 5.73 Å². The first kappa shape index (κ1) is 14.2. The largest absolute Gasteiger partial charge is 0.480 e. The van der Waals surface area contributed by atoms with Crippen molar-refractivity contribution in [3.8, 4) is 0 Å². The van der Waals surface area contributed by atoms with E-state index in [1.165, 1.54) is 0 Å². The third-order valence-corrected chi connectivity index (χ3v) is 2.91. The van der Waals surface area contributed by atoms with E-state index in [2.05, 4.69) is 0 Å². The third-order valence-electron chi connectivity index (χ3n) is 2.91. The van der Waals surface area contributed by atoms with Crippen LogP contribution in [-0.4, -0.2) is 35.0 Å². The van der Waals surface area contributed by atoms with E-state index in [1.807, 2.05) is 6.92 Å². The standard InChI is InChI=1S/C13H18N2O3/c1-3-11(13(17)18)15(2)8-9-6-4-5-7-10(9)12(14)16/h4-7,11H,3,8H2,1-2H3,(H2,14,16)(H,17,18). The average Bonchev–Trinajstić information content (AvgIpc) is 2.29. The van der Waals surface area contributed by atoms with Gasteiger partial charge in [-0.25, -0.2) is 0 Å². The molecule has 5 heteroatoms. The van der Waals surface area contributed by atoms with Gasteiger partial charge in [-0.1, -0.05) is 25.1 Å². The van der Waals surface area contributed by atoms with Gasteiger partial charge in [-0.05, 0) is 25.1 Å². The minimum absolute atomic E-state index is 0.379. The summed E-state index contributed by atoms with van der Waals surface area (Å²) >= 11 is 0. The molecule has 0 heterocycles. The Balaban J connectivity index is 2.90. The minimum Gasteiger partial charge on any atom is -0.480 e. The summed E-state index contributed by atoms with van der Waals surface area (Å²) in [5.41, 5.74) is 6.46. The Labute approximate surface area is 106 Å². The molecule has 1 amide bonds. The highest BCUT2D eigenvalue weighted by molar-refractivity contribution is 5.94. The number of carboxylic acid groups (broad SMARTS) is 1. The number of carboxylic acids is 1. The molecular formula is C13H18N2O3. The van der Waals surface area contributed by atoms with E-state index in [0.29, 0.717) is 18.5 Å². The molecule has 0 aliphatic heterocycles. The number of rotatable bonds is 6. The fourth-order valence-electron chi connectivity index (χ4n) is 1.95. The number of hydrogen-bond donors (Lipinski definition) is 2. The number of benzene rings is 1. The van der Waals surface area contributed by atoms with E-state index >= 15 is 0 Å². The van der Waals surface area contributed by atoms with Crippen molar-refractivity contribution < 1.29 is 14.7 Å². The number of carbonyl (C=O) groups is 2. The van der Waals surface area contributed by atoms with Crippen molar-refractivity contribution in [2.45, 2.75) is 25.9 Å². The summed E-state index contributed by atoms with van der Waals surface area (Å²) in [5.74, 6) is -1.36. The molecule has 0 saturated carbocycles. The molecule has 1 aromatic rings. The molecule has 0 fully saturated rings. The normalized spacial score (nSPS) is 12.4. The Morgan fingerprint density at radius 3 is 2.50 bits per heavy atom. The van der Waals surface area contributed by atoms with Gasteiger partial charge in [0.05, 0.1) is 0 Å². The number of carbonyl (C=O) groups excluding carboxylic acids is 1. The van der Waals surface area contributed by atoms with Gasteiger partial charge in [0, 0.05) is 12.1 Å². The Morgan fingerprint density at radius 2 is 2.00 bits per heavy atom. The number of amides is 1. The molecule has 0 bridgehead atoms. The molecule has 1 rings (SSSR count). The molecular weight excluding hydrogens is 232 g/mol. The first-order valence-electron chi connectivity index (χ1n) is 5.78. The molecule has 1 atom stereocenters. The minimum atomic E-state index is -0.864. The van der Waals surface area contributed by atoms with Gasteiger partial charge in [-0.2, -0.15) is 0 Å². The van der Waals surface area contributed by atoms with Gasteiger partial charge >= 0.3 is 5.97 Å². The van der Waals surface area contributed by atoms with Crippen LogP contribution >= 0.6 is 0 Å². The lowest BCUT2D eigenvalue weighted by Gasteiger charge is -2.24. The smallest absolute Gasteiger partial charge is 0.320 e. The van der Waals surface area contributed by atoms with Crippen LogP contribution in [0.4, 0.5) is 0 Å². The number of nitrogens with two attached hydrogens (primary N) is 1. The van der Waals surface area contributed by atoms with E-state index < -0.39 is 17.9 Å². The lowest BCUT2D eigenvalue weighted by molar-refractivity contribution is -0.143. The number of primary amides is 1. The molecule has 3 N–H and O–H groups in total. The molecule has 0 radical (unpaired) electrons. The van der Waals surface area contributed by atoms with Crippen molar-refractivity contribution in [2.24, 2.45) is 5.73 Å². The molecule has 0 aromatic heterocycles. The highest BCUT2D eigenvalue weighted by atomic mass is 16.4. The zero-order chi connectivity index (χ0) is 13.7. The summed E-state index contributed by atoms with van der Waals surface area (Å²) in [6.07, 6.45) is 0.505. The topological polar surface area (TPSA) is 83.6 Å². The highest BCUT2D eigenvalue weighted by Gasteiger charge is 2.21. The van der Waals surface area contributed by atoms with E-state index in [-0.39, 0.29) is 0 Å². The van der Waals surface area contributed by atoms with E-state index in [4.69, 9.17) is 10.8 Å². The van der Waals surface area contributed by atoms with Crippen molar-refractivity contribution in [3.63, 3.8) is 0 Å². The van der Waals surface area contributed by atoms with Crippen molar-refractivity contribution in [1.82, 2.24) is 4.90 Å². The van der Waals surface area contributed by atoms with Crippen LogP contribution in [0.3, 0.4) is 0 Å². The maximum Gasteiger partial charge on any atom is 0.320 e. The van der Waals surface area contributed by atoms with Gasteiger partial charge in [0.25, 0.3) is 0 Å². The zero-order valence-corrected chi connectivity index (χ0v) is 10.6. The zero-order valence-electron chi connectivity index (χ0n) is 10.6. The molecule has 0 aliphatic rings. The third kappa shape index (κ3) is 3.30. The van der Waals surface area contributed by atoms with Crippen LogP contribution in [0.1, 0.15) is 29.3 Å². The second-order valence-electron chi connectivity index (χ2n) is 4.20. The molecule has 0 saturated heterocycles. The van der Waals surface area contributed by atoms with Gasteiger partial charge < -0.3 is 10.8 Å². The van der Waals surface area contributed by atoms with Crippen LogP contribution in [0, 0.1) is 0 Å². The number of nitrogens with zero attached hydrogens (tertiary/aromatic N) is 1. The highest BCUT2D eigenvalue weighted by Crippen LogP contribution is 2.13. The van der Waals surface area contributed by atoms with Crippen molar-refractivity contribution in [2.75, 3.05) is 7.05 Å². The van der Waals surface area contributed by atoms with Crippen molar-refractivity contribution in [3.05, 3.63) is 35.4 Å². The summed E-state index contributed by atoms with van der Waals surface area (Å²) in [5, 5.41) is 9.07. The van der Waals surface area contributed by atoms with E-state index in [1.54, 1.807) is 36.2 Å². The van der Waals surface area contributed by atoms with Crippen LogP contribution in [0.25, 0.3) is 0 Å². The van der Waals surface area contributed by atoms with Crippen LogP contribution in [0.2, 0.25) is 0 Å². The molecule has 0 aliphatic carbocycles. The fraction of sp³-hybridized carbons (Fsp3) is 0.385. The predicted octanol–water partition coefficient (Wildman–Crippen LogP) is 1.08. The Bertz CT molecular complexity index is 446. The maximum atomic E-state index is 11.3. The number of aliphatic carboxylic acids is 1. The Kier molecular flexibility index (Phi) is 4.85. The Morgan fingerprint density at radius 1 is 1.39 bits per heavy atom. The van der Waals surface area contributed by atoms with E-state index in [0.717, 1.165) is 5.56 Å². The molecule has 18 heavy (non-hydrogen) atoms. The van der Waals surface area contributed by atoms with Crippen LogP contribution in [0.5, 0.6) is 0 Å². The second-order valence-corrected chi connectivity index (χ2v) is 4.20. The SMILES string of the molecule is CCC(C(=O)O)N(C)Cc1ccccc1C(N)=O. The van der Waals surface area contributed by atoms with Gasteiger partial charge in [0.1, 0.15) is 6.04 Å². The van der Waals surface area contributed by atoms with E-state index in [9.17, 15) is 9.59 Å². The molecule has 5 nitrogen and oxygen atoms in total. The first-order chi connectivity index (χ1) is 8.47. The quantitative estimate of drug-likeness (QED) is 0.791. The molecule has 98 valence electrons. The summed E-state index contributed by atoms with van der Waals surface area (Å²) in [4.78, 5) is 24.0. The van der Waals surface area contributed by atoms with Crippen molar-refractivity contribution >= 4 is 11.9 Å². The summed E-state index contributed by atoms with van der Waals surface area (Å²) in [6, 6.07) is 6.40. The first-order valence-corrected chi connectivity index (χ1v) is 5.78. The van der Waals surface area contributed by atoms with Gasteiger partial charge in [-0.15, -0.1) is 0 Å². The molecule has 1 aromatic carbocycles. The summed E-state index contributed by atoms with van der Waals surface area (Å²) in [7, 11) is 1.72. The van der Waals surface area contributed by atoms with Crippen molar-refractivity contribution in [1.29, 1.82) is 0 Å². The summed E-state index contributed by atoms with van der Waals surface area (Å²) in [6.45, 7) is 2.19. The van der Waals surface area contributed by atoms with Crippen LogP contribution in [0.15, 0.2) is 24.3 Å². The fourth-order valence-corrected chi connectivity index (χ4v) is 1.95. The van der Waals surface area contributed by atoms with Crippen LogP contribution in [-0.2, 0) is 11.3 Å². The number of likely N-dealkylation sites (N-methyl/N-ethyl adjacent to an activating group) is 1. The molecule has 0 spiro atoms. The lowest BCUT2D eigenvalue weighted by Crippen LogP contribution is -2.37. The lowest BCUT2D eigenvalue weighted by atomic mass is 10.1. The average molecular weight is 250 g/mol. The van der Waals surface area contributed by atoms with Gasteiger partial charge in [-0.3, -0.25) is 14.5 Å². The second kappa shape index (κ2) is 6.16. The Hall–Kier alpha value is -1.88. The molecule has 1 unspecified atom stereocenters. The number of hydrogen-bond acceptors (Lipinski definition) is 3. The maximum absolute atomic E-state index is 11.3. The summed E-state index contributed by atoms with van der Waals surface area (Å²) < 4.78 is 0. The van der Waals surface area contributed by atoms with Gasteiger partial charge in [0.2, 0.25) is 5.91 Å².